The monoisotopic (exact) mass is 295 g/mol. The molecule has 5 heteroatoms. The van der Waals surface area contributed by atoms with Crippen LogP contribution in [0.4, 0.5) is 0 Å². The number of benzene rings is 1. The molecule has 4 nitrogen and oxygen atoms in total. The summed E-state index contributed by atoms with van der Waals surface area (Å²) in [7, 11) is -3.35. The van der Waals surface area contributed by atoms with Crippen LogP contribution < -0.4 is 4.72 Å². The summed E-state index contributed by atoms with van der Waals surface area (Å²) in [6.07, 6.45) is 3.09. The van der Waals surface area contributed by atoms with Crippen molar-refractivity contribution in [1.82, 2.24) is 4.72 Å². The van der Waals surface area contributed by atoms with Gasteiger partial charge in [-0.05, 0) is 37.7 Å². The topological polar surface area (TPSA) is 55.4 Å². The van der Waals surface area contributed by atoms with Crippen LogP contribution in [0, 0.1) is 5.92 Å². The average molecular weight is 295 g/mol. The molecule has 0 aromatic heterocycles. The fraction of sp³-hybridized carbons (Fsp3) is 0.600. The Labute approximate surface area is 120 Å². The lowest BCUT2D eigenvalue weighted by molar-refractivity contribution is 0.0629. The van der Waals surface area contributed by atoms with Gasteiger partial charge in [0.15, 0.2) is 0 Å². The fourth-order valence-electron chi connectivity index (χ4n) is 3.07. The van der Waals surface area contributed by atoms with Crippen molar-refractivity contribution in [1.29, 1.82) is 0 Å². The lowest BCUT2D eigenvalue weighted by Gasteiger charge is -2.31. The zero-order valence-electron chi connectivity index (χ0n) is 11.7. The molecule has 0 bridgehead atoms. The molecule has 2 unspecified atom stereocenters. The first-order chi connectivity index (χ1) is 9.49. The predicted molar refractivity (Wildman–Crippen MR) is 77.7 cm³/mol. The normalized spacial score (nSPS) is 30.6. The van der Waals surface area contributed by atoms with Crippen LogP contribution in [0.3, 0.4) is 0 Å². The van der Waals surface area contributed by atoms with E-state index in [4.69, 9.17) is 4.74 Å². The number of hydrogen-bond acceptors (Lipinski definition) is 3. The second-order valence-electron chi connectivity index (χ2n) is 6.14. The Bertz CT molecular complexity index is 568. The second-order valence-corrected chi connectivity index (χ2v) is 7.87. The molecule has 1 aromatic rings. The summed E-state index contributed by atoms with van der Waals surface area (Å²) in [5, 5.41) is 0. The Morgan fingerprint density at radius 3 is 2.65 bits per heavy atom. The third kappa shape index (κ3) is 3.05. The van der Waals surface area contributed by atoms with E-state index in [1.807, 2.05) is 37.3 Å². The van der Waals surface area contributed by atoms with Gasteiger partial charge in [0.1, 0.15) is 0 Å². The van der Waals surface area contributed by atoms with Gasteiger partial charge in [0.2, 0.25) is 10.0 Å². The Morgan fingerprint density at radius 1 is 1.30 bits per heavy atom. The van der Waals surface area contributed by atoms with Crippen LogP contribution in [-0.2, 0) is 20.5 Å². The van der Waals surface area contributed by atoms with E-state index in [2.05, 4.69) is 4.72 Å². The van der Waals surface area contributed by atoms with Gasteiger partial charge in [-0.15, -0.1) is 0 Å². The number of nitrogens with one attached hydrogen (secondary N) is 1. The molecule has 0 radical (unpaired) electrons. The van der Waals surface area contributed by atoms with Crippen LogP contribution in [0.15, 0.2) is 30.3 Å². The smallest absolute Gasteiger partial charge is 0.216 e. The second kappa shape index (κ2) is 5.13. The minimum absolute atomic E-state index is 0.0286. The molecule has 20 heavy (non-hydrogen) atoms. The van der Waals surface area contributed by atoms with Crippen LogP contribution in [0.2, 0.25) is 0 Å². The maximum atomic E-state index is 12.4. The third-order valence-electron chi connectivity index (χ3n) is 4.19. The van der Waals surface area contributed by atoms with E-state index in [1.165, 1.54) is 0 Å². The van der Waals surface area contributed by atoms with Crippen molar-refractivity contribution >= 4 is 10.0 Å². The molecule has 2 fully saturated rings. The van der Waals surface area contributed by atoms with Crippen molar-refractivity contribution in [3.05, 3.63) is 35.9 Å². The summed E-state index contributed by atoms with van der Waals surface area (Å²) >= 11 is 0. The summed E-state index contributed by atoms with van der Waals surface area (Å²) in [5.74, 6) is 0.558. The Hall–Kier alpha value is -0.910. The minimum Gasteiger partial charge on any atom is -0.376 e. The molecule has 0 spiro atoms. The number of sulfonamides is 1. The third-order valence-corrected chi connectivity index (χ3v) is 5.68. The van der Waals surface area contributed by atoms with Gasteiger partial charge in [0, 0.05) is 6.61 Å². The predicted octanol–water partition coefficient (Wildman–Crippen LogP) is 2.06. The molecule has 1 aliphatic heterocycles. The first-order valence-electron chi connectivity index (χ1n) is 7.16. The minimum atomic E-state index is -3.35. The zero-order valence-corrected chi connectivity index (χ0v) is 12.5. The first kappa shape index (κ1) is 14.0. The molecule has 110 valence electrons. The van der Waals surface area contributed by atoms with E-state index >= 15 is 0 Å². The highest BCUT2D eigenvalue weighted by Crippen LogP contribution is 2.43. The molecule has 1 heterocycles. The molecule has 1 aliphatic carbocycles. The average Bonchev–Trinajstić information content (AvgIpc) is 3.13. The maximum Gasteiger partial charge on any atom is 0.216 e. The van der Waals surface area contributed by atoms with Gasteiger partial charge >= 0.3 is 0 Å². The van der Waals surface area contributed by atoms with Crippen LogP contribution in [0.25, 0.3) is 0 Å². The SMILES string of the molecule is CC1(NS(=O)(=O)Cc2ccccc2)CCOC1C1CC1. The van der Waals surface area contributed by atoms with Gasteiger partial charge in [0.25, 0.3) is 0 Å². The number of ether oxygens (including phenoxy) is 1. The van der Waals surface area contributed by atoms with E-state index in [0.717, 1.165) is 24.8 Å². The zero-order chi connectivity index (χ0) is 14.2. The van der Waals surface area contributed by atoms with Gasteiger partial charge in [-0.25, -0.2) is 13.1 Å². The van der Waals surface area contributed by atoms with Crippen molar-refractivity contribution in [2.75, 3.05) is 6.61 Å². The molecular formula is C15H21NO3S. The Kier molecular flexibility index (Phi) is 3.60. The largest absolute Gasteiger partial charge is 0.376 e. The molecule has 2 atom stereocenters. The van der Waals surface area contributed by atoms with Gasteiger partial charge in [-0.3, -0.25) is 0 Å². The lowest BCUT2D eigenvalue weighted by atomic mass is 9.92. The highest BCUT2D eigenvalue weighted by atomic mass is 32.2. The van der Waals surface area contributed by atoms with Crippen molar-refractivity contribution in [3.8, 4) is 0 Å². The van der Waals surface area contributed by atoms with Gasteiger partial charge < -0.3 is 4.74 Å². The van der Waals surface area contributed by atoms with Crippen LogP contribution in [-0.4, -0.2) is 26.7 Å². The lowest BCUT2D eigenvalue weighted by Crippen LogP contribution is -2.52. The Balaban J connectivity index is 1.72. The molecule has 3 rings (SSSR count). The van der Waals surface area contributed by atoms with Crippen LogP contribution >= 0.6 is 0 Å². The van der Waals surface area contributed by atoms with Crippen molar-refractivity contribution in [3.63, 3.8) is 0 Å². The van der Waals surface area contributed by atoms with Gasteiger partial charge in [0.05, 0.1) is 17.4 Å². The van der Waals surface area contributed by atoms with Gasteiger partial charge in [-0.1, -0.05) is 30.3 Å². The Morgan fingerprint density at radius 2 is 2.00 bits per heavy atom. The van der Waals surface area contributed by atoms with E-state index < -0.39 is 15.6 Å². The summed E-state index contributed by atoms with van der Waals surface area (Å²) in [6, 6.07) is 9.28. The van der Waals surface area contributed by atoms with E-state index in [-0.39, 0.29) is 11.9 Å². The molecule has 1 aromatic carbocycles. The summed E-state index contributed by atoms with van der Waals surface area (Å²) in [4.78, 5) is 0. The highest BCUT2D eigenvalue weighted by Gasteiger charge is 2.49. The summed E-state index contributed by atoms with van der Waals surface area (Å²) in [6.45, 7) is 2.62. The van der Waals surface area contributed by atoms with E-state index in [0.29, 0.717) is 12.5 Å². The maximum absolute atomic E-state index is 12.4. The van der Waals surface area contributed by atoms with Crippen LogP contribution in [0.1, 0.15) is 31.7 Å². The number of rotatable bonds is 5. The van der Waals surface area contributed by atoms with Crippen molar-refractivity contribution in [2.24, 2.45) is 5.92 Å². The summed E-state index contributed by atoms with van der Waals surface area (Å²) < 4.78 is 33.4. The molecule has 2 aliphatic rings. The highest BCUT2D eigenvalue weighted by molar-refractivity contribution is 7.88. The van der Waals surface area contributed by atoms with Crippen molar-refractivity contribution < 1.29 is 13.2 Å². The van der Waals surface area contributed by atoms with Crippen LogP contribution in [0.5, 0.6) is 0 Å². The summed E-state index contributed by atoms with van der Waals surface area (Å²) in [5.41, 5.74) is 0.361. The molecule has 0 amide bonds. The molecule has 1 N–H and O–H groups in total. The standard InChI is InChI=1S/C15H21NO3S/c1-15(9-10-19-14(15)13-7-8-13)16-20(17,18)11-12-5-3-2-4-6-12/h2-6,13-14,16H,7-11H2,1H3. The first-order valence-corrected chi connectivity index (χ1v) is 8.81. The van der Waals surface area contributed by atoms with E-state index in [9.17, 15) is 8.42 Å². The quantitative estimate of drug-likeness (QED) is 0.904. The van der Waals surface area contributed by atoms with Gasteiger partial charge in [-0.2, -0.15) is 0 Å². The molecular weight excluding hydrogens is 274 g/mol. The number of hydrogen-bond donors (Lipinski definition) is 1. The van der Waals surface area contributed by atoms with E-state index in [1.54, 1.807) is 0 Å². The molecule has 1 saturated carbocycles. The molecule has 1 saturated heterocycles. The van der Waals surface area contributed by atoms with Crippen molar-refractivity contribution in [2.45, 2.75) is 43.6 Å². The fourth-order valence-corrected chi connectivity index (χ4v) is 4.71.